The van der Waals surface area contributed by atoms with Crippen LogP contribution in [0.2, 0.25) is 0 Å². The van der Waals surface area contributed by atoms with Gasteiger partial charge in [-0.05, 0) is 40.2 Å². The number of nitrogens with zero attached hydrogens (tertiary/aromatic N) is 1. The van der Waals surface area contributed by atoms with Crippen LogP contribution in [0.1, 0.15) is 5.56 Å². The van der Waals surface area contributed by atoms with Crippen LogP contribution in [0, 0.1) is 0 Å². The number of benzene rings is 2. The maximum atomic E-state index is 12.2. The van der Waals surface area contributed by atoms with Crippen molar-refractivity contribution in [2.75, 3.05) is 26.0 Å². The van der Waals surface area contributed by atoms with E-state index in [0.717, 1.165) is 10.0 Å². The summed E-state index contributed by atoms with van der Waals surface area (Å²) in [5, 5.41) is 2.76. The highest BCUT2D eigenvalue weighted by Crippen LogP contribution is 2.21. The van der Waals surface area contributed by atoms with Crippen molar-refractivity contribution >= 4 is 39.5 Å². The SMILES string of the molecule is COc1ccccc1/C=C/C(=O)N(C)CC(=O)Nc1ccccc1Br. The molecular weight excluding hydrogens is 384 g/mol. The van der Waals surface area contributed by atoms with Crippen molar-refractivity contribution in [1.82, 2.24) is 4.90 Å². The van der Waals surface area contributed by atoms with E-state index in [4.69, 9.17) is 4.74 Å². The zero-order valence-electron chi connectivity index (χ0n) is 14.0. The van der Waals surface area contributed by atoms with Crippen LogP contribution in [0.5, 0.6) is 5.75 Å². The average molecular weight is 403 g/mol. The monoisotopic (exact) mass is 402 g/mol. The van der Waals surface area contributed by atoms with Gasteiger partial charge in [-0.15, -0.1) is 0 Å². The fourth-order valence-corrected chi connectivity index (χ4v) is 2.52. The van der Waals surface area contributed by atoms with Gasteiger partial charge in [0, 0.05) is 23.2 Å². The molecule has 2 amide bonds. The first-order chi connectivity index (χ1) is 12.0. The number of ether oxygens (including phenoxy) is 1. The molecule has 0 unspecified atom stereocenters. The van der Waals surface area contributed by atoms with Crippen molar-refractivity contribution in [2.24, 2.45) is 0 Å². The third-order valence-corrected chi connectivity index (χ3v) is 4.14. The summed E-state index contributed by atoms with van der Waals surface area (Å²) in [6.45, 7) is -0.0452. The first-order valence-electron chi connectivity index (χ1n) is 7.62. The number of rotatable bonds is 6. The molecule has 0 spiro atoms. The number of carbonyl (C=O) groups excluding carboxylic acids is 2. The molecular formula is C19H19BrN2O3. The Morgan fingerprint density at radius 3 is 2.56 bits per heavy atom. The summed E-state index contributed by atoms with van der Waals surface area (Å²) < 4.78 is 6.02. The van der Waals surface area contributed by atoms with Gasteiger partial charge >= 0.3 is 0 Å². The number of anilines is 1. The molecule has 130 valence electrons. The van der Waals surface area contributed by atoms with Crippen molar-refractivity contribution < 1.29 is 14.3 Å². The second-order valence-corrected chi connectivity index (χ2v) is 6.15. The zero-order valence-corrected chi connectivity index (χ0v) is 15.6. The molecule has 5 nitrogen and oxygen atoms in total. The minimum Gasteiger partial charge on any atom is -0.496 e. The van der Waals surface area contributed by atoms with E-state index in [1.807, 2.05) is 42.5 Å². The van der Waals surface area contributed by atoms with Crippen LogP contribution in [-0.4, -0.2) is 37.4 Å². The lowest BCUT2D eigenvalue weighted by Crippen LogP contribution is -2.33. The van der Waals surface area contributed by atoms with Gasteiger partial charge in [0.25, 0.3) is 0 Å². The first-order valence-corrected chi connectivity index (χ1v) is 8.41. The predicted molar refractivity (Wildman–Crippen MR) is 102 cm³/mol. The Labute approximate surface area is 155 Å². The van der Waals surface area contributed by atoms with E-state index in [1.165, 1.54) is 11.0 Å². The number of likely N-dealkylation sites (N-methyl/N-ethyl adjacent to an activating group) is 1. The second-order valence-electron chi connectivity index (χ2n) is 5.30. The number of hydrogen-bond acceptors (Lipinski definition) is 3. The number of halogens is 1. The smallest absolute Gasteiger partial charge is 0.246 e. The maximum Gasteiger partial charge on any atom is 0.246 e. The summed E-state index contributed by atoms with van der Waals surface area (Å²) in [5.74, 6) is 0.141. The molecule has 2 aromatic rings. The summed E-state index contributed by atoms with van der Waals surface area (Å²) in [5.41, 5.74) is 1.46. The Bertz CT molecular complexity index is 790. The van der Waals surface area contributed by atoms with Gasteiger partial charge in [-0.3, -0.25) is 9.59 Å². The Balaban J connectivity index is 1.94. The van der Waals surface area contributed by atoms with Crippen molar-refractivity contribution in [3.63, 3.8) is 0 Å². The number of nitrogens with one attached hydrogen (secondary N) is 1. The Hall–Kier alpha value is -2.60. The summed E-state index contributed by atoms with van der Waals surface area (Å²) in [6, 6.07) is 14.7. The molecule has 6 heteroatoms. The van der Waals surface area contributed by atoms with Crippen molar-refractivity contribution in [1.29, 1.82) is 0 Å². The highest BCUT2D eigenvalue weighted by Gasteiger charge is 2.12. The highest BCUT2D eigenvalue weighted by atomic mass is 79.9. The number of hydrogen-bond donors (Lipinski definition) is 1. The third-order valence-electron chi connectivity index (χ3n) is 3.45. The van der Waals surface area contributed by atoms with Gasteiger partial charge < -0.3 is 15.0 Å². The lowest BCUT2D eigenvalue weighted by Gasteiger charge is -2.15. The molecule has 0 heterocycles. The molecule has 0 radical (unpaired) electrons. The molecule has 1 N–H and O–H groups in total. The van der Waals surface area contributed by atoms with Crippen molar-refractivity contribution in [2.45, 2.75) is 0 Å². The van der Waals surface area contributed by atoms with Gasteiger partial charge in [0.15, 0.2) is 0 Å². The number of methoxy groups -OCH3 is 1. The topological polar surface area (TPSA) is 58.6 Å². The number of para-hydroxylation sites is 2. The van der Waals surface area contributed by atoms with Crippen LogP contribution in [-0.2, 0) is 9.59 Å². The molecule has 0 aliphatic rings. The summed E-state index contributed by atoms with van der Waals surface area (Å²) in [6.07, 6.45) is 3.09. The van der Waals surface area contributed by atoms with Crippen LogP contribution >= 0.6 is 15.9 Å². The van der Waals surface area contributed by atoms with Gasteiger partial charge in [0.05, 0.1) is 19.3 Å². The Morgan fingerprint density at radius 2 is 1.84 bits per heavy atom. The van der Waals surface area contributed by atoms with E-state index in [0.29, 0.717) is 11.4 Å². The molecule has 25 heavy (non-hydrogen) atoms. The largest absolute Gasteiger partial charge is 0.496 e. The van der Waals surface area contributed by atoms with Gasteiger partial charge in [-0.25, -0.2) is 0 Å². The standard InChI is InChI=1S/C19H19BrN2O3/c1-22(13-18(23)21-16-9-5-4-8-15(16)20)19(24)12-11-14-7-3-6-10-17(14)25-2/h3-12H,13H2,1-2H3,(H,21,23)/b12-11+. The predicted octanol–water partition coefficient (Wildman–Crippen LogP) is 3.57. The third kappa shape index (κ3) is 5.46. The normalized spacial score (nSPS) is 10.5. The second kappa shape index (κ2) is 9.03. The van der Waals surface area contributed by atoms with Gasteiger partial charge in [-0.2, -0.15) is 0 Å². The van der Waals surface area contributed by atoms with E-state index in [-0.39, 0.29) is 18.4 Å². The molecule has 2 aromatic carbocycles. The average Bonchev–Trinajstić information content (AvgIpc) is 2.61. The van der Waals surface area contributed by atoms with Crippen LogP contribution in [0.3, 0.4) is 0 Å². The Kier molecular flexibility index (Phi) is 6.77. The van der Waals surface area contributed by atoms with Crippen molar-refractivity contribution in [3.8, 4) is 5.75 Å². The molecule has 0 aromatic heterocycles. The van der Waals surface area contributed by atoms with E-state index >= 15 is 0 Å². The van der Waals surface area contributed by atoms with Crippen molar-refractivity contribution in [3.05, 3.63) is 64.6 Å². The molecule has 0 fully saturated rings. The molecule has 0 saturated heterocycles. The van der Waals surface area contributed by atoms with Crippen LogP contribution in [0.4, 0.5) is 5.69 Å². The Morgan fingerprint density at radius 1 is 1.16 bits per heavy atom. The fraction of sp³-hybridized carbons (Fsp3) is 0.158. The summed E-state index contributed by atoms with van der Waals surface area (Å²) in [4.78, 5) is 25.6. The maximum absolute atomic E-state index is 12.2. The van der Waals surface area contributed by atoms with E-state index in [9.17, 15) is 9.59 Å². The number of carbonyl (C=O) groups is 2. The lowest BCUT2D eigenvalue weighted by molar-refractivity contribution is -0.129. The van der Waals surface area contributed by atoms with Crippen LogP contribution in [0.15, 0.2) is 59.1 Å². The minimum atomic E-state index is -0.270. The quantitative estimate of drug-likeness (QED) is 0.751. The summed E-state index contributed by atoms with van der Waals surface area (Å²) in [7, 11) is 3.15. The van der Waals surface area contributed by atoms with E-state index in [2.05, 4.69) is 21.2 Å². The molecule has 0 saturated carbocycles. The van der Waals surface area contributed by atoms with Gasteiger partial charge in [0.2, 0.25) is 11.8 Å². The van der Waals surface area contributed by atoms with Crippen LogP contribution in [0.25, 0.3) is 6.08 Å². The van der Waals surface area contributed by atoms with Crippen LogP contribution < -0.4 is 10.1 Å². The first kappa shape index (κ1) is 18.7. The highest BCUT2D eigenvalue weighted by molar-refractivity contribution is 9.10. The lowest BCUT2D eigenvalue weighted by atomic mass is 10.2. The molecule has 0 atom stereocenters. The molecule has 0 aliphatic heterocycles. The molecule has 0 bridgehead atoms. The minimum absolute atomic E-state index is 0.0452. The molecule has 2 rings (SSSR count). The fourth-order valence-electron chi connectivity index (χ4n) is 2.14. The van der Waals surface area contributed by atoms with E-state index in [1.54, 1.807) is 26.3 Å². The van der Waals surface area contributed by atoms with Gasteiger partial charge in [0.1, 0.15) is 5.75 Å². The summed E-state index contributed by atoms with van der Waals surface area (Å²) >= 11 is 3.37. The molecule has 0 aliphatic carbocycles. The van der Waals surface area contributed by atoms with Gasteiger partial charge in [-0.1, -0.05) is 30.3 Å². The number of amides is 2. The zero-order chi connectivity index (χ0) is 18.2. The van der Waals surface area contributed by atoms with E-state index < -0.39 is 0 Å².